The fraction of sp³-hybridized carbons (Fsp3) is 0.143. The second-order valence-corrected chi connectivity index (χ2v) is 7.09. The van der Waals surface area contributed by atoms with Gasteiger partial charge in [0.1, 0.15) is 17.5 Å². The van der Waals surface area contributed by atoms with Crippen molar-refractivity contribution in [1.29, 1.82) is 5.26 Å². The Morgan fingerprint density at radius 1 is 1.13 bits per heavy atom. The Balaban J connectivity index is 1.76. The van der Waals surface area contributed by atoms with Crippen LogP contribution in [0.4, 0.5) is 17.5 Å². The van der Waals surface area contributed by atoms with Crippen molar-refractivity contribution in [1.82, 2.24) is 9.97 Å². The number of amides is 1. The van der Waals surface area contributed by atoms with Gasteiger partial charge in [0, 0.05) is 16.6 Å². The molecule has 0 fully saturated rings. The van der Waals surface area contributed by atoms with E-state index in [1.807, 2.05) is 6.07 Å². The summed E-state index contributed by atoms with van der Waals surface area (Å²) in [5.41, 5.74) is 1.08. The molecule has 0 aliphatic carbocycles. The Morgan fingerprint density at radius 2 is 1.83 bits per heavy atom. The molecular weight excluding hydrogens is 406 g/mol. The third-order valence-corrected chi connectivity index (χ3v) is 5.10. The number of carbonyl (C=O) groups excluding carboxylic acids is 1. The largest absolute Gasteiger partial charge is 0.497 e. The molecule has 2 atom stereocenters. The van der Waals surface area contributed by atoms with Crippen LogP contribution in [0.2, 0.25) is 5.02 Å². The number of nitrogens with one attached hydrogen (secondary N) is 3. The fourth-order valence-corrected chi connectivity index (χ4v) is 3.54. The van der Waals surface area contributed by atoms with Crippen LogP contribution in [-0.2, 0) is 4.79 Å². The summed E-state index contributed by atoms with van der Waals surface area (Å²) in [7, 11) is 1.57. The Kier molecular flexibility index (Phi) is 5.12. The number of nitriles is 1. The number of aromatic nitrogens is 2. The van der Waals surface area contributed by atoms with E-state index in [0.29, 0.717) is 22.0 Å². The zero-order valence-corrected chi connectivity index (χ0v) is 16.5. The second kappa shape index (κ2) is 7.89. The maximum Gasteiger partial charge on any atom is 0.258 e. The Hall–Kier alpha value is -3.83. The molecule has 8 nitrogen and oxygen atoms in total. The molecule has 30 heavy (non-hydrogen) atoms. The van der Waals surface area contributed by atoms with Gasteiger partial charge in [-0.3, -0.25) is 14.6 Å². The van der Waals surface area contributed by atoms with Gasteiger partial charge in [0.05, 0.1) is 18.7 Å². The average molecular weight is 422 g/mol. The molecule has 3 aromatic rings. The van der Waals surface area contributed by atoms with E-state index in [-0.39, 0.29) is 17.3 Å². The second-order valence-electron chi connectivity index (χ2n) is 6.66. The minimum Gasteiger partial charge on any atom is -0.497 e. The first kappa shape index (κ1) is 19.5. The predicted octanol–water partition coefficient (Wildman–Crippen LogP) is 3.40. The van der Waals surface area contributed by atoms with Gasteiger partial charge in [-0.25, -0.2) is 0 Å². The highest BCUT2D eigenvalue weighted by Gasteiger charge is 2.40. The normalized spacial score (nSPS) is 17.4. The van der Waals surface area contributed by atoms with Crippen LogP contribution in [0.15, 0.2) is 53.3 Å². The van der Waals surface area contributed by atoms with Gasteiger partial charge in [0.2, 0.25) is 11.9 Å². The van der Waals surface area contributed by atoms with E-state index < -0.39 is 23.3 Å². The lowest BCUT2D eigenvalue weighted by Crippen LogP contribution is -2.38. The van der Waals surface area contributed by atoms with Crippen LogP contribution in [0, 0.1) is 17.2 Å². The Labute approximate surface area is 176 Å². The molecular formula is C21H16ClN5O3. The summed E-state index contributed by atoms with van der Waals surface area (Å²) in [5.74, 6) is -1.38. The quantitative estimate of drug-likeness (QED) is 0.593. The van der Waals surface area contributed by atoms with Crippen molar-refractivity contribution in [3.8, 4) is 11.8 Å². The molecule has 1 amide bonds. The molecule has 2 heterocycles. The molecule has 0 radical (unpaired) electrons. The number of methoxy groups -OCH3 is 1. The van der Waals surface area contributed by atoms with Crippen molar-refractivity contribution in [2.24, 2.45) is 5.92 Å². The smallest absolute Gasteiger partial charge is 0.258 e. The fourth-order valence-electron chi connectivity index (χ4n) is 3.41. The van der Waals surface area contributed by atoms with Crippen LogP contribution < -0.4 is 20.9 Å². The SMILES string of the molecule is COc1ccc(Nc2nc3c(c(=O)[nH]2)C(c2ccc(Cl)cc2)C(C#N)C(=O)N3)cc1. The maximum absolute atomic E-state index is 13.0. The monoisotopic (exact) mass is 421 g/mol. The highest BCUT2D eigenvalue weighted by molar-refractivity contribution is 6.30. The van der Waals surface area contributed by atoms with E-state index >= 15 is 0 Å². The molecule has 150 valence electrons. The topological polar surface area (TPSA) is 120 Å². The van der Waals surface area contributed by atoms with Crippen LogP contribution in [0.3, 0.4) is 0 Å². The molecule has 1 aromatic heterocycles. The highest BCUT2D eigenvalue weighted by Crippen LogP contribution is 2.38. The van der Waals surface area contributed by atoms with E-state index in [1.165, 1.54) is 0 Å². The molecule has 3 N–H and O–H groups in total. The Morgan fingerprint density at radius 3 is 2.47 bits per heavy atom. The van der Waals surface area contributed by atoms with E-state index in [0.717, 1.165) is 0 Å². The predicted molar refractivity (Wildman–Crippen MR) is 112 cm³/mol. The van der Waals surface area contributed by atoms with Crippen molar-refractivity contribution < 1.29 is 9.53 Å². The summed E-state index contributed by atoms with van der Waals surface area (Å²) in [5, 5.41) is 15.6. The summed E-state index contributed by atoms with van der Waals surface area (Å²) in [6, 6.07) is 15.7. The van der Waals surface area contributed by atoms with Gasteiger partial charge in [0.25, 0.3) is 5.56 Å². The van der Waals surface area contributed by atoms with Gasteiger partial charge in [-0.15, -0.1) is 0 Å². The van der Waals surface area contributed by atoms with Crippen LogP contribution in [0.5, 0.6) is 5.75 Å². The number of rotatable bonds is 4. The number of H-pyrrole nitrogens is 1. The molecule has 9 heteroatoms. The lowest BCUT2D eigenvalue weighted by atomic mass is 9.79. The van der Waals surface area contributed by atoms with E-state index in [4.69, 9.17) is 16.3 Å². The van der Waals surface area contributed by atoms with Crippen LogP contribution in [-0.4, -0.2) is 23.0 Å². The zero-order valence-electron chi connectivity index (χ0n) is 15.8. The lowest BCUT2D eigenvalue weighted by molar-refractivity contribution is -0.119. The van der Waals surface area contributed by atoms with Crippen molar-refractivity contribution in [2.75, 3.05) is 17.7 Å². The molecule has 0 bridgehead atoms. The standard InChI is InChI=1S/C21H16ClN5O3/c1-30-14-8-6-13(7-9-14)24-21-26-18-17(20(29)27-21)16(15(10-23)19(28)25-18)11-2-4-12(22)5-3-11/h2-9,15-16H,1H3,(H3,24,25,26,27,28,29). The molecule has 2 aromatic carbocycles. The molecule has 0 spiro atoms. The zero-order chi connectivity index (χ0) is 21.3. The number of anilines is 3. The van der Waals surface area contributed by atoms with Gasteiger partial charge < -0.3 is 15.4 Å². The number of benzene rings is 2. The van der Waals surface area contributed by atoms with Gasteiger partial charge >= 0.3 is 0 Å². The number of carbonyl (C=O) groups is 1. The molecule has 0 saturated carbocycles. The number of hydrogen-bond acceptors (Lipinski definition) is 6. The van der Waals surface area contributed by atoms with Crippen LogP contribution in [0.1, 0.15) is 17.0 Å². The van der Waals surface area contributed by atoms with E-state index in [9.17, 15) is 14.9 Å². The number of hydrogen-bond donors (Lipinski definition) is 3. The first-order valence-corrected chi connectivity index (χ1v) is 9.39. The van der Waals surface area contributed by atoms with Gasteiger partial charge in [0.15, 0.2) is 0 Å². The number of fused-ring (bicyclic) bond motifs is 1. The van der Waals surface area contributed by atoms with E-state index in [2.05, 4.69) is 20.6 Å². The molecule has 2 unspecified atom stereocenters. The number of ether oxygens (including phenoxy) is 1. The number of aromatic amines is 1. The van der Waals surface area contributed by atoms with Crippen molar-refractivity contribution in [2.45, 2.75) is 5.92 Å². The first-order valence-electron chi connectivity index (χ1n) is 9.01. The summed E-state index contributed by atoms with van der Waals surface area (Å²) < 4.78 is 5.12. The highest BCUT2D eigenvalue weighted by atomic mass is 35.5. The molecule has 1 aliphatic rings. The number of nitrogens with zero attached hydrogens (tertiary/aromatic N) is 2. The third kappa shape index (κ3) is 3.58. The maximum atomic E-state index is 13.0. The summed E-state index contributed by atoms with van der Waals surface area (Å²) in [6.07, 6.45) is 0. The van der Waals surface area contributed by atoms with Crippen LogP contribution in [0.25, 0.3) is 0 Å². The molecule has 1 aliphatic heterocycles. The Bertz CT molecular complexity index is 1200. The number of halogens is 1. The van der Waals surface area contributed by atoms with Gasteiger partial charge in [-0.1, -0.05) is 23.7 Å². The average Bonchev–Trinajstić information content (AvgIpc) is 2.74. The van der Waals surface area contributed by atoms with Gasteiger partial charge in [-0.05, 0) is 42.0 Å². The lowest BCUT2D eigenvalue weighted by Gasteiger charge is -2.28. The minimum absolute atomic E-state index is 0.117. The summed E-state index contributed by atoms with van der Waals surface area (Å²) >= 11 is 5.96. The van der Waals surface area contributed by atoms with Crippen molar-refractivity contribution in [3.05, 3.63) is 75.0 Å². The van der Waals surface area contributed by atoms with Crippen LogP contribution >= 0.6 is 11.6 Å². The third-order valence-electron chi connectivity index (χ3n) is 4.84. The summed E-state index contributed by atoms with van der Waals surface area (Å²) in [4.78, 5) is 32.5. The van der Waals surface area contributed by atoms with Crippen molar-refractivity contribution in [3.63, 3.8) is 0 Å². The first-order chi connectivity index (χ1) is 14.5. The summed E-state index contributed by atoms with van der Waals surface area (Å²) in [6.45, 7) is 0. The van der Waals surface area contributed by atoms with E-state index in [1.54, 1.807) is 55.6 Å². The van der Waals surface area contributed by atoms with Gasteiger partial charge in [-0.2, -0.15) is 10.2 Å². The molecule has 4 rings (SSSR count). The van der Waals surface area contributed by atoms with Crippen molar-refractivity contribution >= 4 is 35.0 Å². The minimum atomic E-state index is -1.07. The molecule has 0 saturated heterocycles.